The third-order valence-corrected chi connectivity index (χ3v) is 4.25. The zero-order valence-electron chi connectivity index (χ0n) is 13.8. The van der Waals surface area contributed by atoms with Crippen molar-refractivity contribution in [3.05, 3.63) is 71.3 Å². The van der Waals surface area contributed by atoms with E-state index in [1.807, 2.05) is 30.3 Å². The summed E-state index contributed by atoms with van der Waals surface area (Å²) in [5.74, 6) is -2.02. The lowest BCUT2D eigenvalue weighted by Gasteiger charge is -2.35. The van der Waals surface area contributed by atoms with Gasteiger partial charge in [0.15, 0.2) is 0 Å². The number of nitrogens with zero attached hydrogens (tertiary/aromatic N) is 1. The molecular formula is C19H20F2N2O2. The normalized spacial score (nSPS) is 16.4. The van der Waals surface area contributed by atoms with Gasteiger partial charge in [-0.05, 0) is 17.7 Å². The molecule has 1 aliphatic rings. The lowest BCUT2D eigenvalue weighted by atomic mass is 10.0. The molecule has 2 aromatic carbocycles. The Kier molecular flexibility index (Phi) is 5.73. The predicted octanol–water partition coefficient (Wildman–Crippen LogP) is 2.77. The van der Waals surface area contributed by atoms with Gasteiger partial charge in [-0.1, -0.05) is 30.3 Å². The van der Waals surface area contributed by atoms with Gasteiger partial charge >= 0.3 is 0 Å². The SMILES string of the molecule is O=C(NC[C@@H](c1ccccc1)N1CCOCC1)c1cc(F)cc(F)c1. The Hall–Kier alpha value is -2.31. The molecule has 1 aliphatic heterocycles. The van der Waals surface area contributed by atoms with Crippen LogP contribution in [0.3, 0.4) is 0 Å². The first-order valence-corrected chi connectivity index (χ1v) is 8.24. The number of carbonyl (C=O) groups is 1. The van der Waals surface area contributed by atoms with Crippen molar-refractivity contribution in [3.8, 4) is 0 Å². The van der Waals surface area contributed by atoms with Crippen molar-refractivity contribution in [3.63, 3.8) is 0 Å². The average Bonchev–Trinajstić information content (AvgIpc) is 2.63. The smallest absolute Gasteiger partial charge is 0.251 e. The lowest BCUT2D eigenvalue weighted by Crippen LogP contribution is -2.43. The lowest BCUT2D eigenvalue weighted by molar-refractivity contribution is 0.0162. The summed E-state index contributed by atoms with van der Waals surface area (Å²) in [4.78, 5) is 14.5. The topological polar surface area (TPSA) is 41.6 Å². The van der Waals surface area contributed by atoms with Gasteiger partial charge in [0.1, 0.15) is 11.6 Å². The molecule has 1 saturated heterocycles. The molecule has 1 amide bonds. The van der Waals surface area contributed by atoms with E-state index < -0.39 is 17.5 Å². The molecule has 1 heterocycles. The fraction of sp³-hybridized carbons (Fsp3) is 0.316. The Labute approximate surface area is 145 Å². The Morgan fingerprint density at radius 1 is 1.08 bits per heavy atom. The zero-order valence-corrected chi connectivity index (χ0v) is 13.8. The molecule has 0 aromatic heterocycles. The fourth-order valence-electron chi connectivity index (χ4n) is 3.00. The van der Waals surface area contributed by atoms with Gasteiger partial charge in [0.2, 0.25) is 0 Å². The molecule has 25 heavy (non-hydrogen) atoms. The molecule has 0 aliphatic carbocycles. The van der Waals surface area contributed by atoms with Crippen LogP contribution in [0, 0.1) is 11.6 Å². The Morgan fingerprint density at radius 3 is 2.36 bits per heavy atom. The van der Waals surface area contributed by atoms with E-state index in [1.54, 1.807) is 0 Å². The van der Waals surface area contributed by atoms with Crippen LogP contribution < -0.4 is 5.32 Å². The van der Waals surface area contributed by atoms with Gasteiger partial charge in [-0.15, -0.1) is 0 Å². The number of rotatable bonds is 5. The Morgan fingerprint density at radius 2 is 1.72 bits per heavy atom. The molecular weight excluding hydrogens is 326 g/mol. The first kappa shape index (κ1) is 17.5. The van der Waals surface area contributed by atoms with Gasteiger partial charge in [0.25, 0.3) is 5.91 Å². The highest BCUT2D eigenvalue weighted by atomic mass is 19.1. The minimum Gasteiger partial charge on any atom is -0.379 e. The second kappa shape index (κ2) is 8.18. The van der Waals surface area contributed by atoms with Crippen molar-refractivity contribution in [2.24, 2.45) is 0 Å². The Bertz CT molecular complexity index is 698. The molecule has 0 spiro atoms. The molecule has 1 fully saturated rings. The number of amides is 1. The molecule has 6 heteroatoms. The number of carbonyl (C=O) groups excluding carboxylic acids is 1. The van der Waals surface area contributed by atoms with Gasteiger partial charge in [0, 0.05) is 31.3 Å². The van der Waals surface area contributed by atoms with Crippen molar-refractivity contribution in [2.45, 2.75) is 6.04 Å². The van der Waals surface area contributed by atoms with E-state index >= 15 is 0 Å². The molecule has 132 valence electrons. The van der Waals surface area contributed by atoms with Gasteiger partial charge in [0.05, 0.1) is 19.3 Å². The highest BCUT2D eigenvalue weighted by Gasteiger charge is 2.23. The summed E-state index contributed by atoms with van der Waals surface area (Å²) in [5, 5.41) is 2.79. The molecule has 2 aromatic rings. The third kappa shape index (κ3) is 4.61. The van der Waals surface area contributed by atoms with E-state index in [-0.39, 0.29) is 11.6 Å². The minimum absolute atomic E-state index is 0.0209. The summed E-state index contributed by atoms with van der Waals surface area (Å²) in [6, 6.07) is 12.6. The van der Waals surface area contributed by atoms with Crippen LogP contribution in [0.2, 0.25) is 0 Å². The third-order valence-electron chi connectivity index (χ3n) is 4.25. The van der Waals surface area contributed by atoms with Crippen LogP contribution in [0.1, 0.15) is 22.0 Å². The first-order chi connectivity index (χ1) is 12.1. The zero-order chi connectivity index (χ0) is 17.6. The quantitative estimate of drug-likeness (QED) is 0.905. The van der Waals surface area contributed by atoms with Crippen LogP contribution in [-0.4, -0.2) is 43.7 Å². The van der Waals surface area contributed by atoms with Crippen molar-refractivity contribution < 1.29 is 18.3 Å². The maximum atomic E-state index is 13.3. The number of benzene rings is 2. The highest BCUT2D eigenvalue weighted by Crippen LogP contribution is 2.21. The molecule has 3 rings (SSSR count). The van der Waals surface area contributed by atoms with Crippen LogP contribution in [0.4, 0.5) is 8.78 Å². The largest absolute Gasteiger partial charge is 0.379 e. The van der Waals surface area contributed by atoms with E-state index in [0.29, 0.717) is 19.8 Å². The van der Waals surface area contributed by atoms with E-state index in [0.717, 1.165) is 36.9 Å². The molecule has 0 radical (unpaired) electrons. The fourth-order valence-corrected chi connectivity index (χ4v) is 3.00. The van der Waals surface area contributed by atoms with Crippen molar-refractivity contribution in [2.75, 3.05) is 32.8 Å². The van der Waals surface area contributed by atoms with E-state index in [1.165, 1.54) is 0 Å². The van der Waals surface area contributed by atoms with Crippen molar-refractivity contribution in [1.82, 2.24) is 10.2 Å². The highest BCUT2D eigenvalue weighted by molar-refractivity contribution is 5.94. The van der Waals surface area contributed by atoms with Gasteiger partial charge < -0.3 is 10.1 Å². The number of halogens is 2. The first-order valence-electron chi connectivity index (χ1n) is 8.24. The van der Waals surface area contributed by atoms with Crippen molar-refractivity contribution >= 4 is 5.91 Å². The van der Waals surface area contributed by atoms with E-state index in [9.17, 15) is 13.6 Å². The van der Waals surface area contributed by atoms with Crippen LogP contribution in [0.15, 0.2) is 48.5 Å². The minimum atomic E-state index is -0.766. The summed E-state index contributed by atoms with van der Waals surface area (Å²) in [5.41, 5.74) is 1.06. The summed E-state index contributed by atoms with van der Waals surface area (Å²) < 4.78 is 32.0. The number of morpholine rings is 1. The van der Waals surface area contributed by atoms with Crippen LogP contribution in [0.5, 0.6) is 0 Å². The summed E-state index contributed by atoms with van der Waals surface area (Å²) in [7, 11) is 0. The molecule has 0 saturated carbocycles. The summed E-state index contributed by atoms with van der Waals surface area (Å²) >= 11 is 0. The van der Waals surface area contributed by atoms with Crippen molar-refractivity contribution in [1.29, 1.82) is 0 Å². The molecule has 1 N–H and O–H groups in total. The number of hydrogen-bond acceptors (Lipinski definition) is 3. The van der Waals surface area contributed by atoms with Crippen LogP contribution in [-0.2, 0) is 4.74 Å². The number of hydrogen-bond donors (Lipinski definition) is 1. The maximum absolute atomic E-state index is 13.3. The summed E-state index contributed by atoms with van der Waals surface area (Å²) in [6.07, 6.45) is 0. The molecule has 1 atom stereocenters. The molecule has 0 bridgehead atoms. The average molecular weight is 346 g/mol. The van der Waals surface area contributed by atoms with E-state index in [2.05, 4.69) is 10.2 Å². The Balaban J connectivity index is 1.72. The second-order valence-corrected chi connectivity index (χ2v) is 5.94. The van der Waals surface area contributed by atoms with E-state index in [4.69, 9.17) is 4.74 Å². The number of ether oxygens (including phenoxy) is 1. The standard InChI is InChI=1S/C19H20F2N2O2/c20-16-10-15(11-17(21)12-16)19(24)22-13-18(14-4-2-1-3-5-14)23-6-8-25-9-7-23/h1-5,10-12,18H,6-9,13H2,(H,22,24)/t18-/m0/s1. The van der Waals surface area contributed by atoms with Gasteiger partial charge in [-0.25, -0.2) is 8.78 Å². The molecule has 0 unspecified atom stereocenters. The van der Waals surface area contributed by atoms with Gasteiger partial charge in [-0.3, -0.25) is 9.69 Å². The van der Waals surface area contributed by atoms with Crippen LogP contribution in [0.25, 0.3) is 0 Å². The monoisotopic (exact) mass is 346 g/mol. The predicted molar refractivity (Wildman–Crippen MR) is 90.3 cm³/mol. The second-order valence-electron chi connectivity index (χ2n) is 5.94. The summed E-state index contributed by atoms with van der Waals surface area (Å²) in [6.45, 7) is 3.17. The maximum Gasteiger partial charge on any atom is 0.251 e. The van der Waals surface area contributed by atoms with Gasteiger partial charge in [-0.2, -0.15) is 0 Å². The number of nitrogens with one attached hydrogen (secondary N) is 1. The molecule has 4 nitrogen and oxygen atoms in total. The van der Waals surface area contributed by atoms with Crippen LogP contribution >= 0.6 is 0 Å².